The second-order valence-electron chi connectivity index (χ2n) is 4.53. The Kier molecular flexibility index (Phi) is 5.16. The van der Waals surface area contributed by atoms with Gasteiger partial charge < -0.3 is 15.8 Å². The van der Waals surface area contributed by atoms with Crippen molar-refractivity contribution in [1.29, 1.82) is 0 Å². The first-order chi connectivity index (χ1) is 10.0. The molecule has 0 aliphatic rings. The van der Waals surface area contributed by atoms with Crippen LogP contribution in [0.2, 0.25) is 0 Å². The van der Waals surface area contributed by atoms with Gasteiger partial charge in [-0.2, -0.15) is 0 Å². The van der Waals surface area contributed by atoms with Crippen molar-refractivity contribution in [3.05, 3.63) is 46.6 Å². The number of hydrogen-bond acceptors (Lipinski definition) is 4. The van der Waals surface area contributed by atoms with Crippen LogP contribution >= 0.6 is 15.9 Å². The zero-order valence-corrected chi connectivity index (χ0v) is 13.2. The largest absolute Gasteiger partial charge is 0.493 e. The van der Waals surface area contributed by atoms with Crippen molar-refractivity contribution in [2.24, 2.45) is 0 Å². The lowest BCUT2D eigenvalue weighted by Crippen LogP contribution is -2.16. The Morgan fingerprint density at radius 2 is 2.10 bits per heavy atom. The van der Waals surface area contributed by atoms with E-state index >= 15 is 0 Å². The van der Waals surface area contributed by atoms with Crippen LogP contribution in [0.4, 0.5) is 11.5 Å². The number of halogens is 1. The molecule has 3 N–H and O–H groups in total. The Morgan fingerprint density at radius 3 is 2.76 bits per heavy atom. The number of aromatic nitrogens is 1. The predicted octanol–water partition coefficient (Wildman–Crippen LogP) is 3.14. The molecular weight excluding hydrogens is 334 g/mol. The Labute approximate surface area is 131 Å². The number of pyridine rings is 1. The molecule has 2 aromatic rings. The molecule has 5 nitrogen and oxygen atoms in total. The number of nitrogens with zero attached hydrogens (tertiary/aromatic N) is 1. The molecular formula is C15H16BrN3O2. The average molecular weight is 350 g/mol. The van der Waals surface area contributed by atoms with Crippen LogP contribution in [-0.4, -0.2) is 17.5 Å². The molecule has 6 heteroatoms. The van der Waals surface area contributed by atoms with Crippen molar-refractivity contribution in [2.45, 2.75) is 13.3 Å². The highest BCUT2D eigenvalue weighted by molar-refractivity contribution is 9.10. The van der Waals surface area contributed by atoms with E-state index in [1.54, 1.807) is 30.5 Å². The first kappa shape index (κ1) is 15.3. The number of nitrogens with two attached hydrogens (primary N) is 1. The molecule has 0 atom stereocenters. The second-order valence-corrected chi connectivity index (χ2v) is 5.45. The zero-order valence-electron chi connectivity index (χ0n) is 11.6. The Bertz CT molecular complexity index is 629. The van der Waals surface area contributed by atoms with Gasteiger partial charge >= 0.3 is 0 Å². The highest BCUT2D eigenvalue weighted by Gasteiger charge is 2.06. The van der Waals surface area contributed by atoms with Crippen molar-refractivity contribution >= 4 is 33.3 Å². The molecule has 0 saturated carbocycles. The number of aryl methyl sites for hydroxylation is 1. The number of amides is 1. The van der Waals surface area contributed by atoms with Crippen LogP contribution in [0.25, 0.3) is 0 Å². The molecule has 0 fully saturated rings. The van der Waals surface area contributed by atoms with Crippen LogP contribution in [0.3, 0.4) is 0 Å². The van der Waals surface area contributed by atoms with Gasteiger partial charge in [0.1, 0.15) is 11.6 Å². The number of benzene rings is 1. The number of hydrogen-bond donors (Lipinski definition) is 2. The maximum Gasteiger partial charge on any atom is 0.228 e. The summed E-state index contributed by atoms with van der Waals surface area (Å²) in [4.78, 5) is 16.0. The van der Waals surface area contributed by atoms with E-state index in [1.807, 2.05) is 13.0 Å². The molecule has 0 spiro atoms. The van der Waals surface area contributed by atoms with E-state index < -0.39 is 0 Å². The summed E-state index contributed by atoms with van der Waals surface area (Å²) < 4.78 is 6.35. The van der Waals surface area contributed by atoms with Gasteiger partial charge in [-0.15, -0.1) is 0 Å². The normalized spacial score (nSPS) is 10.2. The molecule has 1 aromatic heterocycles. The van der Waals surface area contributed by atoms with Crippen molar-refractivity contribution < 1.29 is 9.53 Å². The van der Waals surface area contributed by atoms with E-state index in [-0.39, 0.29) is 12.3 Å². The van der Waals surface area contributed by atoms with E-state index in [0.29, 0.717) is 23.9 Å². The molecule has 21 heavy (non-hydrogen) atoms. The lowest BCUT2D eigenvalue weighted by Gasteiger charge is -2.09. The Hall–Kier alpha value is -2.08. The lowest BCUT2D eigenvalue weighted by atomic mass is 10.3. The van der Waals surface area contributed by atoms with Gasteiger partial charge in [-0.1, -0.05) is 0 Å². The van der Waals surface area contributed by atoms with Gasteiger partial charge in [-0.25, -0.2) is 4.98 Å². The summed E-state index contributed by atoms with van der Waals surface area (Å²) >= 11 is 3.33. The summed E-state index contributed by atoms with van der Waals surface area (Å²) in [7, 11) is 0. The number of ether oxygens (including phenoxy) is 1. The molecule has 1 amide bonds. The molecule has 0 radical (unpaired) electrons. The van der Waals surface area contributed by atoms with Crippen molar-refractivity contribution in [3.8, 4) is 5.75 Å². The SMILES string of the molecule is Cc1cc(Br)cnc1NC(=O)CCOc1ccc(N)cc1. The van der Waals surface area contributed by atoms with Crippen LogP contribution < -0.4 is 15.8 Å². The number of carbonyl (C=O) groups is 1. The number of nitrogens with one attached hydrogen (secondary N) is 1. The van der Waals surface area contributed by atoms with E-state index in [4.69, 9.17) is 10.5 Å². The van der Waals surface area contributed by atoms with Gasteiger partial charge in [0.25, 0.3) is 0 Å². The summed E-state index contributed by atoms with van der Waals surface area (Å²) in [6, 6.07) is 8.95. The summed E-state index contributed by atoms with van der Waals surface area (Å²) in [6.45, 7) is 2.18. The third-order valence-corrected chi connectivity index (χ3v) is 3.21. The van der Waals surface area contributed by atoms with Gasteiger partial charge in [0.2, 0.25) is 5.91 Å². The lowest BCUT2D eigenvalue weighted by molar-refractivity contribution is -0.116. The van der Waals surface area contributed by atoms with Crippen LogP contribution in [0.15, 0.2) is 41.0 Å². The highest BCUT2D eigenvalue weighted by Crippen LogP contribution is 2.17. The monoisotopic (exact) mass is 349 g/mol. The van der Waals surface area contributed by atoms with Crippen LogP contribution in [0, 0.1) is 6.92 Å². The number of nitrogen functional groups attached to an aromatic ring is 1. The van der Waals surface area contributed by atoms with Gasteiger partial charge in [0.15, 0.2) is 0 Å². The number of anilines is 2. The van der Waals surface area contributed by atoms with Crippen molar-refractivity contribution in [3.63, 3.8) is 0 Å². The maximum absolute atomic E-state index is 11.8. The molecule has 0 bridgehead atoms. The molecule has 1 aromatic carbocycles. The standard InChI is InChI=1S/C15H16BrN3O2/c1-10-8-11(16)9-18-15(10)19-14(20)6-7-21-13-4-2-12(17)3-5-13/h2-5,8-9H,6-7,17H2,1H3,(H,18,19,20). The smallest absolute Gasteiger partial charge is 0.228 e. The van der Waals surface area contributed by atoms with Crippen LogP contribution in [-0.2, 0) is 4.79 Å². The Balaban J connectivity index is 1.81. The van der Waals surface area contributed by atoms with Gasteiger partial charge in [-0.05, 0) is 58.7 Å². The third kappa shape index (κ3) is 4.75. The maximum atomic E-state index is 11.8. The fraction of sp³-hybridized carbons (Fsp3) is 0.200. The third-order valence-electron chi connectivity index (χ3n) is 2.78. The first-order valence-electron chi connectivity index (χ1n) is 6.45. The number of rotatable bonds is 5. The van der Waals surface area contributed by atoms with Gasteiger partial charge in [-0.3, -0.25) is 4.79 Å². The van der Waals surface area contributed by atoms with Gasteiger partial charge in [0.05, 0.1) is 13.0 Å². The molecule has 0 aliphatic heterocycles. The minimum Gasteiger partial charge on any atom is -0.493 e. The van der Waals surface area contributed by atoms with E-state index in [2.05, 4.69) is 26.2 Å². The molecule has 110 valence electrons. The fourth-order valence-corrected chi connectivity index (χ4v) is 2.14. The molecule has 0 aliphatic carbocycles. The minimum absolute atomic E-state index is 0.136. The molecule has 0 saturated heterocycles. The summed E-state index contributed by atoms with van der Waals surface area (Å²) in [5.41, 5.74) is 7.16. The summed E-state index contributed by atoms with van der Waals surface area (Å²) in [5, 5.41) is 2.76. The summed E-state index contributed by atoms with van der Waals surface area (Å²) in [6.07, 6.45) is 1.90. The zero-order chi connectivity index (χ0) is 15.2. The van der Waals surface area contributed by atoms with Gasteiger partial charge in [0, 0.05) is 16.4 Å². The average Bonchev–Trinajstić information content (AvgIpc) is 2.44. The fourth-order valence-electron chi connectivity index (χ4n) is 1.69. The molecule has 2 rings (SSSR count). The second kappa shape index (κ2) is 7.08. The highest BCUT2D eigenvalue weighted by atomic mass is 79.9. The van der Waals surface area contributed by atoms with Crippen molar-refractivity contribution in [2.75, 3.05) is 17.7 Å². The van der Waals surface area contributed by atoms with Crippen LogP contribution in [0.1, 0.15) is 12.0 Å². The van der Waals surface area contributed by atoms with E-state index in [0.717, 1.165) is 10.0 Å². The summed E-state index contributed by atoms with van der Waals surface area (Å²) in [5.74, 6) is 1.12. The molecule has 0 unspecified atom stereocenters. The number of carbonyl (C=O) groups excluding carboxylic acids is 1. The predicted molar refractivity (Wildman–Crippen MR) is 86.3 cm³/mol. The Morgan fingerprint density at radius 1 is 1.38 bits per heavy atom. The van der Waals surface area contributed by atoms with Crippen LogP contribution in [0.5, 0.6) is 5.75 Å². The van der Waals surface area contributed by atoms with Crippen molar-refractivity contribution in [1.82, 2.24) is 4.98 Å². The topological polar surface area (TPSA) is 77.2 Å². The van der Waals surface area contributed by atoms with E-state index in [9.17, 15) is 4.79 Å². The first-order valence-corrected chi connectivity index (χ1v) is 7.24. The minimum atomic E-state index is -0.136. The quantitative estimate of drug-likeness (QED) is 0.813. The van der Waals surface area contributed by atoms with E-state index in [1.165, 1.54) is 0 Å². The molecule has 1 heterocycles.